The predicted molar refractivity (Wildman–Crippen MR) is 106 cm³/mol. The first-order valence-corrected chi connectivity index (χ1v) is 8.45. The number of benzene rings is 2. The minimum atomic E-state index is -0.353. The van der Waals surface area contributed by atoms with Gasteiger partial charge in [0.05, 0.1) is 31.6 Å². The van der Waals surface area contributed by atoms with Crippen molar-refractivity contribution in [2.24, 2.45) is 0 Å². The number of ether oxygens (including phenoxy) is 3. The zero-order valence-corrected chi connectivity index (χ0v) is 16.0. The average Bonchev–Trinajstić information content (AvgIpc) is 2.61. The van der Waals surface area contributed by atoms with Gasteiger partial charge in [-0.3, -0.25) is 0 Å². The lowest BCUT2D eigenvalue weighted by Crippen LogP contribution is -2.19. The maximum Gasteiger partial charge on any atom is 0.338 e. The number of methoxy groups -OCH3 is 2. The molecule has 26 heavy (non-hydrogen) atoms. The molecule has 0 saturated heterocycles. The van der Waals surface area contributed by atoms with E-state index in [4.69, 9.17) is 26.4 Å². The number of esters is 1. The van der Waals surface area contributed by atoms with Crippen molar-refractivity contribution in [2.45, 2.75) is 20.0 Å². The van der Waals surface area contributed by atoms with Crippen molar-refractivity contribution in [3.05, 3.63) is 48.0 Å². The molecule has 2 aromatic carbocycles. The summed E-state index contributed by atoms with van der Waals surface area (Å²) in [7, 11) is 3.17. The van der Waals surface area contributed by atoms with Gasteiger partial charge in [-0.25, -0.2) is 4.79 Å². The Balaban J connectivity index is 2.03. The van der Waals surface area contributed by atoms with E-state index in [0.29, 0.717) is 27.9 Å². The van der Waals surface area contributed by atoms with Crippen molar-refractivity contribution in [3.63, 3.8) is 0 Å². The first kappa shape index (κ1) is 19.5. The Hall–Kier alpha value is -2.80. The molecular weight excluding hydrogens is 352 g/mol. The van der Waals surface area contributed by atoms with Crippen LogP contribution in [0.3, 0.4) is 0 Å². The fourth-order valence-electron chi connectivity index (χ4n) is 2.17. The Bertz CT molecular complexity index is 776. The van der Waals surface area contributed by atoms with Crippen LogP contribution in [0.1, 0.15) is 24.2 Å². The zero-order valence-electron chi connectivity index (χ0n) is 15.2. The van der Waals surface area contributed by atoms with E-state index in [1.165, 1.54) is 0 Å². The smallest absolute Gasteiger partial charge is 0.338 e. The van der Waals surface area contributed by atoms with Gasteiger partial charge >= 0.3 is 5.97 Å². The zero-order chi connectivity index (χ0) is 19.1. The molecule has 0 aromatic heterocycles. The van der Waals surface area contributed by atoms with Gasteiger partial charge in [-0.05, 0) is 62.5 Å². The normalized spacial score (nSPS) is 10.2. The molecule has 0 spiro atoms. The molecule has 2 rings (SSSR count). The van der Waals surface area contributed by atoms with Crippen LogP contribution in [0.15, 0.2) is 42.5 Å². The Morgan fingerprint density at radius 2 is 1.69 bits per heavy atom. The van der Waals surface area contributed by atoms with Gasteiger partial charge in [0.1, 0.15) is 11.5 Å². The highest BCUT2D eigenvalue weighted by molar-refractivity contribution is 7.80. The van der Waals surface area contributed by atoms with Crippen molar-refractivity contribution in [3.8, 4) is 11.5 Å². The van der Waals surface area contributed by atoms with Gasteiger partial charge in [0.15, 0.2) is 5.11 Å². The third kappa shape index (κ3) is 5.35. The van der Waals surface area contributed by atoms with Gasteiger partial charge in [-0.15, -0.1) is 0 Å². The van der Waals surface area contributed by atoms with E-state index in [9.17, 15) is 4.79 Å². The molecule has 0 aliphatic carbocycles. The summed E-state index contributed by atoms with van der Waals surface area (Å²) < 4.78 is 15.7. The average molecular weight is 374 g/mol. The standard InChI is InChI=1S/C19H22N2O4S/c1-12(2)25-18(22)13-5-7-14(8-6-13)20-19(26)21-16-11-15(23-3)9-10-17(16)24-4/h5-12H,1-4H3,(H2,20,21,26). The first-order chi connectivity index (χ1) is 12.4. The fourth-order valence-corrected chi connectivity index (χ4v) is 2.40. The number of hydrogen-bond donors (Lipinski definition) is 2. The Morgan fingerprint density at radius 3 is 2.27 bits per heavy atom. The number of anilines is 2. The summed E-state index contributed by atoms with van der Waals surface area (Å²) in [5.41, 5.74) is 1.91. The van der Waals surface area contributed by atoms with Crippen molar-refractivity contribution < 1.29 is 19.0 Å². The molecule has 0 aliphatic rings. The highest BCUT2D eigenvalue weighted by Gasteiger charge is 2.10. The van der Waals surface area contributed by atoms with E-state index < -0.39 is 0 Å². The predicted octanol–water partition coefficient (Wildman–Crippen LogP) is 4.08. The molecule has 0 radical (unpaired) electrons. The third-order valence-corrected chi connectivity index (χ3v) is 3.58. The van der Waals surface area contributed by atoms with E-state index in [2.05, 4.69) is 10.6 Å². The highest BCUT2D eigenvalue weighted by atomic mass is 32.1. The summed E-state index contributed by atoms with van der Waals surface area (Å²) in [6.07, 6.45) is -0.157. The van der Waals surface area contributed by atoms with Crippen LogP contribution in [-0.2, 0) is 4.74 Å². The maximum absolute atomic E-state index is 11.9. The Labute approximate surface area is 158 Å². The second-order valence-electron chi connectivity index (χ2n) is 5.68. The van der Waals surface area contributed by atoms with Gasteiger partial charge in [-0.1, -0.05) is 0 Å². The summed E-state index contributed by atoms with van der Waals surface area (Å²) in [5, 5.41) is 6.51. The van der Waals surface area contributed by atoms with Crippen molar-refractivity contribution in [2.75, 3.05) is 24.9 Å². The maximum atomic E-state index is 11.9. The van der Waals surface area contributed by atoms with Gasteiger partial charge in [0.25, 0.3) is 0 Å². The van der Waals surface area contributed by atoms with Crippen LogP contribution in [0.4, 0.5) is 11.4 Å². The summed E-state index contributed by atoms with van der Waals surface area (Å²) in [6, 6.07) is 12.3. The molecule has 6 nitrogen and oxygen atoms in total. The van der Waals surface area contributed by atoms with E-state index in [1.54, 1.807) is 56.7 Å². The molecule has 0 bridgehead atoms. The van der Waals surface area contributed by atoms with Crippen LogP contribution in [0.2, 0.25) is 0 Å². The minimum Gasteiger partial charge on any atom is -0.497 e. The largest absolute Gasteiger partial charge is 0.497 e. The van der Waals surface area contributed by atoms with Crippen LogP contribution in [0, 0.1) is 0 Å². The lowest BCUT2D eigenvalue weighted by atomic mass is 10.2. The number of carbonyl (C=O) groups is 1. The second-order valence-corrected chi connectivity index (χ2v) is 6.09. The van der Waals surface area contributed by atoms with E-state index in [0.717, 1.165) is 5.69 Å². The van der Waals surface area contributed by atoms with Crippen molar-refractivity contribution in [1.29, 1.82) is 0 Å². The van der Waals surface area contributed by atoms with Crippen LogP contribution in [0.5, 0.6) is 11.5 Å². The molecule has 7 heteroatoms. The quantitative estimate of drug-likeness (QED) is 0.583. The molecular formula is C19H22N2O4S. The van der Waals surface area contributed by atoms with Crippen molar-refractivity contribution in [1.82, 2.24) is 0 Å². The van der Waals surface area contributed by atoms with E-state index >= 15 is 0 Å². The van der Waals surface area contributed by atoms with Gasteiger partial charge in [0, 0.05) is 11.8 Å². The monoisotopic (exact) mass is 374 g/mol. The SMILES string of the molecule is COc1ccc(OC)c(NC(=S)Nc2ccc(C(=O)OC(C)C)cc2)c1. The van der Waals surface area contributed by atoms with Crippen LogP contribution in [0.25, 0.3) is 0 Å². The third-order valence-electron chi connectivity index (χ3n) is 3.38. The molecule has 0 heterocycles. The van der Waals surface area contributed by atoms with E-state index in [-0.39, 0.29) is 12.1 Å². The molecule has 0 unspecified atom stereocenters. The molecule has 0 atom stereocenters. The molecule has 2 aromatic rings. The Morgan fingerprint density at radius 1 is 1.00 bits per heavy atom. The van der Waals surface area contributed by atoms with E-state index in [1.807, 2.05) is 13.8 Å². The minimum absolute atomic E-state index is 0.157. The number of nitrogens with one attached hydrogen (secondary N) is 2. The van der Waals surface area contributed by atoms with Gasteiger partial charge in [-0.2, -0.15) is 0 Å². The first-order valence-electron chi connectivity index (χ1n) is 8.04. The lowest BCUT2D eigenvalue weighted by molar-refractivity contribution is 0.0378. The highest BCUT2D eigenvalue weighted by Crippen LogP contribution is 2.29. The molecule has 0 amide bonds. The molecule has 2 N–H and O–H groups in total. The topological polar surface area (TPSA) is 68.8 Å². The lowest BCUT2D eigenvalue weighted by Gasteiger charge is -2.14. The van der Waals surface area contributed by atoms with Crippen LogP contribution < -0.4 is 20.1 Å². The number of rotatable bonds is 6. The van der Waals surface area contributed by atoms with Crippen LogP contribution in [-0.4, -0.2) is 31.4 Å². The second kappa shape index (κ2) is 9.05. The van der Waals surface area contributed by atoms with Gasteiger partial charge in [0.2, 0.25) is 0 Å². The van der Waals surface area contributed by atoms with Crippen LogP contribution >= 0.6 is 12.2 Å². The summed E-state index contributed by atoms with van der Waals surface area (Å²) in [6.45, 7) is 3.62. The molecule has 0 aliphatic heterocycles. The molecule has 0 saturated carbocycles. The number of thiocarbonyl (C=S) groups is 1. The van der Waals surface area contributed by atoms with Crippen molar-refractivity contribution >= 4 is 34.7 Å². The summed E-state index contributed by atoms with van der Waals surface area (Å²) in [4.78, 5) is 11.9. The number of hydrogen-bond acceptors (Lipinski definition) is 5. The van der Waals surface area contributed by atoms with Gasteiger partial charge < -0.3 is 24.8 Å². The Kier molecular flexibility index (Phi) is 6.80. The summed E-state index contributed by atoms with van der Waals surface area (Å²) in [5.74, 6) is 0.971. The summed E-state index contributed by atoms with van der Waals surface area (Å²) >= 11 is 5.34. The fraction of sp³-hybridized carbons (Fsp3) is 0.263. The number of carbonyl (C=O) groups excluding carboxylic acids is 1. The molecule has 138 valence electrons. The molecule has 0 fully saturated rings.